The molecule has 0 aliphatic rings. The van der Waals surface area contributed by atoms with Gasteiger partial charge in [0.1, 0.15) is 0 Å². The minimum absolute atomic E-state index is 0.332. The summed E-state index contributed by atoms with van der Waals surface area (Å²) in [4.78, 5) is 20.6. The Balaban J connectivity index is 0. The van der Waals surface area contributed by atoms with Crippen LogP contribution >= 0.6 is 0 Å². The Labute approximate surface area is 249 Å². The van der Waals surface area contributed by atoms with E-state index in [4.69, 9.17) is 10.2 Å². The molecule has 40 heavy (non-hydrogen) atoms. The van der Waals surface area contributed by atoms with E-state index in [2.05, 4.69) is 26.0 Å². The van der Waals surface area contributed by atoms with Crippen LogP contribution in [0.25, 0.3) is 0 Å². The largest absolute Gasteiger partial charge is 0.481 e. The number of rotatable bonds is 30. The average Bonchev–Trinajstić information content (AvgIpc) is 2.93. The molecule has 0 fully saturated rings. The molecule has 0 saturated heterocycles. The van der Waals surface area contributed by atoms with Crippen molar-refractivity contribution < 1.29 is 19.8 Å². The highest BCUT2D eigenvalue weighted by Gasteiger charge is 1.96. The van der Waals surface area contributed by atoms with Crippen molar-refractivity contribution in [1.82, 2.24) is 0 Å². The third-order valence-corrected chi connectivity index (χ3v) is 7.39. The molecular formula is C36H68O4. The standard InChI is InChI=1S/2C18H34O2/c2*1-2-3-4-5-6-7-8-9-10-11-12-13-14-15-16-17-18(19)20/h16-17H,2-15H2,1H3,(H,19,20);9-10H,2-8,11-17H2,1H3,(H,19,20)/b;10-9+. The smallest absolute Gasteiger partial charge is 0.327 e. The van der Waals surface area contributed by atoms with Crippen LogP contribution in [-0.4, -0.2) is 22.2 Å². The van der Waals surface area contributed by atoms with Crippen molar-refractivity contribution in [3.8, 4) is 0 Å². The van der Waals surface area contributed by atoms with Crippen molar-refractivity contribution in [3.63, 3.8) is 0 Å². The molecule has 4 nitrogen and oxygen atoms in total. The lowest BCUT2D eigenvalue weighted by Crippen LogP contribution is -1.93. The summed E-state index contributed by atoms with van der Waals surface area (Å²) >= 11 is 0. The normalized spacial score (nSPS) is 11.2. The summed E-state index contributed by atoms with van der Waals surface area (Å²) < 4.78 is 0. The maximum atomic E-state index is 10.3. The van der Waals surface area contributed by atoms with Gasteiger partial charge in [-0.05, 0) is 44.9 Å². The van der Waals surface area contributed by atoms with Gasteiger partial charge in [0.05, 0.1) is 0 Å². The lowest BCUT2D eigenvalue weighted by Gasteiger charge is -2.02. The van der Waals surface area contributed by atoms with E-state index in [1.807, 2.05) is 0 Å². The molecule has 0 aliphatic heterocycles. The zero-order valence-corrected chi connectivity index (χ0v) is 26.8. The molecule has 2 N–H and O–H groups in total. The van der Waals surface area contributed by atoms with Gasteiger partial charge in [-0.1, -0.05) is 160 Å². The number of carboxylic acid groups (broad SMARTS) is 2. The predicted molar refractivity (Wildman–Crippen MR) is 174 cm³/mol. The van der Waals surface area contributed by atoms with Gasteiger partial charge in [0, 0.05) is 12.5 Å². The first-order valence-electron chi connectivity index (χ1n) is 17.3. The van der Waals surface area contributed by atoms with Gasteiger partial charge < -0.3 is 10.2 Å². The van der Waals surface area contributed by atoms with Gasteiger partial charge in [-0.15, -0.1) is 0 Å². The van der Waals surface area contributed by atoms with Crippen LogP contribution in [0.1, 0.15) is 194 Å². The zero-order chi connectivity index (χ0) is 29.8. The number of unbranched alkanes of at least 4 members (excludes halogenated alkanes) is 24. The van der Waals surface area contributed by atoms with E-state index in [9.17, 15) is 9.59 Å². The molecule has 0 aliphatic carbocycles. The molecule has 4 heteroatoms. The third kappa shape index (κ3) is 43.5. The highest BCUT2D eigenvalue weighted by Crippen LogP contribution is 2.13. The Kier molecular flexibility index (Phi) is 37.9. The lowest BCUT2D eigenvalue weighted by molar-refractivity contribution is -0.137. The Bertz CT molecular complexity index is 567. The van der Waals surface area contributed by atoms with E-state index >= 15 is 0 Å². The Hall–Kier alpha value is -1.58. The van der Waals surface area contributed by atoms with Crippen LogP contribution in [0.2, 0.25) is 0 Å². The fraction of sp³-hybridized carbons (Fsp3) is 0.833. The van der Waals surface area contributed by atoms with Gasteiger partial charge in [0.15, 0.2) is 0 Å². The summed E-state index contributed by atoms with van der Waals surface area (Å²) in [6.07, 6.45) is 42.8. The molecule has 0 heterocycles. The van der Waals surface area contributed by atoms with E-state index < -0.39 is 11.9 Å². The van der Waals surface area contributed by atoms with E-state index in [0.717, 1.165) is 25.7 Å². The van der Waals surface area contributed by atoms with Gasteiger partial charge >= 0.3 is 11.9 Å². The van der Waals surface area contributed by atoms with Gasteiger partial charge in [0.2, 0.25) is 0 Å². The van der Waals surface area contributed by atoms with Gasteiger partial charge in [-0.2, -0.15) is 0 Å². The van der Waals surface area contributed by atoms with Crippen LogP contribution in [0.15, 0.2) is 24.3 Å². The Morgan fingerprint density at radius 2 is 0.725 bits per heavy atom. The molecule has 0 amide bonds. The van der Waals surface area contributed by atoms with Crippen LogP contribution in [0, 0.1) is 0 Å². The topological polar surface area (TPSA) is 74.6 Å². The molecule has 0 aromatic heterocycles. The monoisotopic (exact) mass is 565 g/mol. The number of allylic oxidation sites excluding steroid dienone is 3. The fourth-order valence-corrected chi connectivity index (χ4v) is 4.81. The summed E-state index contributed by atoms with van der Waals surface area (Å²) in [6.45, 7) is 4.53. The second-order valence-corrected chi connectivity index (χ2v) is 11.5. The molecule has 0 rings (SSSR count). The first kappa shape index (κ1) is 40.6. The van der Waals surface area contributed by atoms with Crippen LogP contribution < -0.4 is 0 Å². The Morgan fingerprint density at radius 3 is 1.05 bits per heavy atom. The Morgan fingerprint density at radius 1 is 0.425 bits per heavy atom. The van der Waals surface area contributed by atoms with E-state index in [1.165, 1.54) is 154 Å². The molecule has 0 atom stereocenters. The van der Waals surface area contributed by atoms with Crippen molar-refractivity contribution >= 4 is 11.9 Å². The van der Waals surface area contributed by atoms with E-state index in [1.54, 1.807) is 6.08 Å². The van der Waals surface area contributed by atoms with Crippen molar-refractivity contribution in [2.24, 2.45) is 0 Å². The molecule has 0 spiro atoms. The number of aliphatic carboxylic acids is 2. The first-order valence-corrected chi connectivity index (χ1v) is 17.3. The van der Waals surface area contributed by atoms with Crippen LogP contribution in [0.5, 0.6) is 0 Å². The van der Waals surface area contributed by atoms with Gasteiger partial charge in [-0.3, -0.25) is 4.79 Å². The molecule has 0 aromatic rings. The van der Waals surface area contributed by atoms with Crippen LogP contribution in [0.4, 0.5) is 0 Å². The third-order valence-electron chi connectivity index (χ3n) is 7.39. The van der Waals surface area contributed by atoms with Crippen molar-refractivity contribution in [3.05, 3.63) is 24.3 Å². The molecule has 0 unspecified atom stereocenters. The number of hydrogen-bond donors (Lipinski definition) is 2. The predicted octanol–water partition coefficient (Wildman–Crippen LogP) is 12.2. The van der Waals surface area contributed by atoms with Crippen LogP contribution in [0.3, 0.4) is 0 Å². The molecule has 0 aromatic carbocycles. The van der Waals surface area contributed by atoms with E-state index in [-0.39, 0.29) is 0 Å². The molecular weight excluding hydrogens is 496 g/mol. The first-order chi connectivity index (χ1) is 19.5. The van der Waals surface area contributed by atoms with Crippen molar-refractivity contribution in [2.45, 2.75) is 194 Å². The minimum Gasteiger partial charge on any atom is -0.481 e. The second-order valence-electron chi connectivity index (χ2n) is 11.5. The lowest BCUT2D eigenvalue weighted by atomic mass is 10.0. The summed E-state index contributed by atoms with van der Waals surface area (Å²) in [6, 6.07) is 0. The van der Waals surface area contributed by atoms with Crippen molar-refractivity contribution in [1.29, 1.82) is 0 Å². The number of carbonyl (C=O) groups is 2. The average molecular weight is 565 g/mol. The minimum atomic E-state index is -0.834. The maximum Gasteiger partial charge on any atom is 0.327 e. The number of carboxylic acids is 2. The maximum absolute atomic E-state index is 10.3. The fourth-order valence-electron chi connectivity index (χ4n) is 4.81. The molecule has 0 saturated carbocycles. The highest BCUT2D eigenvalue weighted by atomic mass is 16.4. The highest BCUT2D eigenvalue weighted by molar-refractivity contribution is 5.79. The van der Waals surface area contributed by atoms with Crippen LogP contribution in [-0.2, 0) is 9.59 Å². The quantitative estimate of drug-likeness (QED) is 0.0517. The number of hydrogen-bond acceptors (Lipinski definition) is 2. The SMILES string of the molecule is CCCCCCCC/C=C/CCCCCCCC(=O)O.CCCCCCCCCCCCCCCC=CC(=O)O. The van der Waals surface area contributed by atoms with Gasteiger partial charge in [0.25, 0.3) is 0 Å². The molecule has 0 radical (unpaired) electrons. The summed E-state index contributed by atoms with van der Waals surface area (Å²) in [5, 5.41) is 16.9. The molecule has 0 bridgehead atoms. The zero-order valence-electron chi connectivity index (χ0n) is 26.8. The van der Waals surface area contributed by atoms with Gasteiger partial charge in [-0.25, -0.2) is 4.79 Å². The van der Waals surface area contributed by atoms with Crippen molar-refractivity contribution in [2.75, 3.05) is 0 Å². The second kappa shape index (κ2) is 37.4. The van der Waals surface area contributed by atoms with E-state index in [0.29, 0.717) is 6.42 Å². The summed E-state index contributed by atoms with van der Waals surface area (Å²) in [5.74, 6) is -1.50. The summed E-state index contributed by atoms with van der Waals surface area (Å²) in [7, 11) is 0. The molecule has 236 valence electrons. The summed E-state index contributed by atoms with van der Waals surface area (Å²) in [5.41, 5.74) is 0.